The Morgan fingerprint density at radius 1 is 1.50 bits per heavy atom. The number of anilines is 1. The van der Waals surface area contributed by atoms with Gasteiger partial charge in [0.05, 0.1) is 12.7 Å². The molecule has 1 unspecified atom stereocenters. The van der Waals surface area contributed by atoms with Crippen LogP contribution < -0.4 is 5.32 Å². The third kappa shape index (κ3) is 3.25. The number of nitrogens with one attached hydrogen (secondary N) is 1. The SMILES string of the molecule is COC(=O)c1cc(C)ccc1NC(C)CC1CC1. The van der Waals surface area contributed by atoms with E-state index in [4.69, 9.17) is 4.74 Å². The second-order valence-electron chi connectivity index (χ2n) is 5.27. The van der Waals surface area contributed by atoms with Crippen LogP contribution in [-0.4, -0.2) is 19.1 Å². The van der Waals surface area contributed by atoms with Gasteiger partial charge in [-0.1, -0.05) is 24.5 Å². The van der Waals surface area contributed by atoms with Gasteiger partial charge in [-0.05, 0) is 38.3 Å². The lowest BCUT2D eigenvalue weighted by Crippen LogP contribution is -2.18. The van der Waals surface area contributed by atoms with E-state index in [1.165, 1.54) is 26.4 Å². The van der Waals surface area contributed by atoms with E-state index in [-0.39, 0.29) is 5.97 Å². The van der Waals surface area contributed by atoms with Crippen LogP contribution in [0.15, 0.2) is 18.2 Å². The molecular formula is C15H21NO2. The van der Waals surface area contributed by atoms with Crippen LogP contribution in [0, 0.1) is 12.8 Å². The van der Waals surface area contributed by atoms with Gasteiger partial charge >= 0.3 is 5.97 Å². The maximum Gasteiger partial charge on any atom is 0.339 e. The van der Waals surface area contributed by atoms with Crippen LogP contribution >= 0.6 is 0 Å². The Morgan fingerprint density at radius 3 is 2.83 bits per heavy atom. The molecule has 1 aromatic rings. The summed E-state index contributed by atoms with van der Waals surface area (Å²) in [6, 6.07) is 6.24. The van der Waals surface area contributed by atoms with Crippen LogP contribution in [-0.2, 0) is 4.74 Å². The van der Waals surface area contributed by atoms with Crippen molar-refractivity contribution < 1.29 is 9.53 Å². The highest BCUT2D eigenvalue weighted by Gasteiger charge is 2.24. The zero-order chi connectivity index (χ0) is 13.1. The predicted octanol–water partition coefficient (Wildman–Crippen LogP) is 3.38. The van der Waals surface area contributed by atoms with E-state index in [9.17, 15) is 4.79 Å². The lowest BCUT2D eigenvalue weighted by Gasteiger charge is -2.17. The molecular weight excluding hydrogens is 226 g/mol. The highest BCUT2D eigenvalue weighted by molar-refractivity contribution is 5.95. The molecule has 0 aliphatic heterocycles. The summed E-state index contributed by atoms with van der Waals surface area (Å²) in [5.74, 6) is 0.597. The van der Waals surface area contributed by atoms with Gasteiger partial charge in [-0.2, -0.15) is 0 Å². The van der Waals surface area contributed by atoms with E-state index in [1.807, 2.05) is 25.1 Å². The van der Waals surface area contributed by atoms with Gasteiger partial charge in [-0.25, -0.2) is 4.79 Å². The molecule has 3 nitrogen and oxygen atoms in total. The van der Waals surface area contributed by atoms with Crippen LogP contribution in [0.2, 0.25) is 0 Å². The number of methoxy groups -OCH3 is 1. The number of ether oxygens (including phenoxy) is 1. The van der Waals surface area contributed by atoms with Gasteiger partial charge in [0, 0.05) is 11.7 Å². The van der Waals surface area contributed by atoms with Crippen molar-refractivity contribution in [2.75, 3.05) is 12.4 Å². The maximum atomic E-state index is 11.7. The molecule has 0 saturated heterocycles. The fourth-order valence-electron chi connectivity index (χ4n) is 2.24. The highest BCUT2D eigenvalue weighted by Crippen LogP contribution is 2.34. The van der Waals surface area contributed by atoms with Crippen LogP contribution in [0.25, 0.3) is 0 Å². The van der Waals surface area contributed by atoms with Crippen LogP contribution in [0.3, 0.4) is 0 Å². The maximum absolute atomic E-state index is 11.7. The van der Waals surface area contributed by atoms with Crippen LogP contribution in [0.5, 0.6) is 0 Å². The summed E-state index contributed by atoms with van der Waals surface area (Å²) in [5.41, 5.74) is 2.57. The molecule has 1 aliphatic rings. The van der Waals surface area contributed by atoms with E-state index in [0.29, 0.717) is 11.6 Å². The van der Waals surface area contributed by atoms with Crippen molar-refractivity contribution >= 4 is 11.7 Å². The summed E-state index contributed by atoms with van der Waals surface area (Å²) < 4.78 is 4.83. The number of esters is 1. The quantitative estimate of drug-likeness (QED) is 0.811. The Labute approximate surface area is 109 Å². The lowest BCUT2D eigenvalue weighted by atomic mass is 10.1. The van der Waals surface area contributed by atoms with E-state index < -0.39 is 0 Å². The number of aryl methyl sites for hydroxylation is 1. The minimum atomic E-state index is -0.278. The standard InChI is InChI=1S/C15H21NO2/c1-10-4-7-14(13(8-10)15(17)18-3)16-11(2)9-12-5-6-12/h4,7-8,11-12,16H,5-6,9H2,1-3H3. The Balaban J connectivity index is 2.12. The summed E-state index contributed by atoms with van der Waals surface area (Å²) in [5, 5.41) is 3.42. The first-order valence-electron chi connectivity index (χ1n) is 6.55. The third-order valence-corrected chi connectivity index (χ3v) is 3.37. The Kier molecular flexibility index (Phi) is 3.90. The molecule has 0 aromatic heterocycles. The van der Waals surface area contributed by atoms with E-state index >= 15 is 0 Å². The monoisotopic (exact) mass is 247 g/mol. The second-order valence-corrected chi connectivity index (χ2v) is 5.27. The van der Waals surface area contributed by atoms with Gasteiger partial charge in [0.25, 0.3) is 0 Å². The summed E-state index contributed by atoms with van der Waals surface area (Å²) in [4.78, 5) is 11.7. The lowest BCUT2D eigenvalue weighted by molar-refractivity contribution is 0.0601. The van der Waals surface area contributed by atoms with Crippen molar-refractivity contribution in [1.29, 1.82) is 0 Å². The van der Waals surface area contributed by atoms with Crippen LogP contribution in [0.4, 0.5) is 5.69 Å². The fourth-order valence-corrected chi connectivity index (χ4v) is 2.24. The topological polar surface area (TPSA) is 38.3 Å². The molecule has 0 heterocycles. The smallest absolute Gasteiger partial charge is 0.339 e. The molecule has 3 heteroatoms. The Morgan fingerprint density at radius 2 is 2.22 bits per heavy atom. The van der Waals surface area contributed by atoms with Crippen molar-refractivity contribution in [3.05, 3.63) is 29.3 Å². The van der Waals surface area contributed by atoms with Gasteiger partial charge < -0.3 is 10.1 Å². The van der Waals surface area contributed by atoms with Crippen LogP contribution in [0.1, 0.15) is 42.1 Å². The zero-order valence-corrected chi connectivity index (χ0v) is 11.3. The molecule has 1 N–H and O–H groups in total. The number of rotatable bonds is 5. The van der Waals surface area contributed by atoms with Crippen molar-refractivity contribution in [2.24, 2.45) is 5.92 Å². The fraction of sp³-hybridized carbons (Fsp3) is 0.533. The first-order chi connectivity index (χ1) is 8.60. The number of carbonyl (C=O) groups is 1. The van der Waals surface area contributed by atoms with E-state index in [1.54, 1.807) is 0 Å². The van der Waals surface area contributed by atoms with E-state index in [0.717, 1.165) is 17.2 Å². The van der Waals surface area contributed by atoms with Gasteiger partial charge in [-0.3, -0.25) is 0 Å². The van der Waals surface area contributed by atoms with Gasteiger partial charge in [0.15, 0.2) is 0 Å². The molecule has 1 aliphatic carbocycles. The molecule has 0 radical (unpaired) electrons. The average molecular weight is 247 g/mol. The second kappa shape index (κ2) is 5.42. The summed E-state index contributed by atoms with van der Waals surface area (Å²) in [6.45, 7) is 4.14. The highest BCUT2D eigenvalue weighted by atomic mass is 16.5. The molecule has 1 saturated carbocycles. The van der Waals surface area contributed by atoms with Crippen molar-refractivity contribution in [3.63, 3.8) is 0 Å². The number of hydrogen-bond donors (Lipinski definition) is 1. The van der Waals surface area contributed by atoms with Crippen molar-refractivity contribution in [1.82, 2.24) is 0 Å². The molecule has 0 bridgehead atoms. The van der Waals surface area contributed by atoms with Crippen molar-refractivity contribution in [3.8, 4) is 0 Å². The van der Waals surface area contributed by atoms with Gasteiger partial charge in [0.1, 0.15) is 0 Å². The normalized spacial score (nSPS) is 16.2. The van der Waals surface area contributed by atoms with Crippen molar-refractivity contribution in [2.45, 2.75) is 39.2 Å². The molecule has 98 valence electrons. The largest absolute Gasteiger partial charge is 0.465 e. The number of carbonyl (C=O) groups excluding carboxylic acids is 1. The minimum Gasteiger partial charge on any atom is -0.465 e. The molecule has 0 amide bonds. The van der Waals surface area contributed by atoms with Gasteiger partial charge in [-0.15, -0.1) is 0 Å². The first-order valence-corrected chi connectivity index (χ1v) is 6.55. The zero-order valence-electron chi connectivity index (χ0n) is 11.3. The number of benzene rings is 1. The summed E-state index contributed by atoms with van der Waals surface area (Å²) in [6.07, 6.45) is 3.88. The Hall–Kier alpha value is -1.51. The number of hydrogen-bond acceptors (Lipinski definition) is 3. The third-order valence-electron chi connectivity index (χ3n) is 3.37. The van der Waals surface area contributed by atoms with E-state index in [2.05, 4.69) is 12.2 Å². The molecule has 0 spiro atoms. The Bertz CT molecular complexity index is 438. The summed E-state index contributed by atoms with van der Waals surface area (Å²) >= 11 is 0. The molecule has 18 heavy (non-hydrogen) atoms. The average Bonchev–Trinajstić information content (AvgIpc) is 3.14. The van der Waals surface area contributed by atoms with Gasteiger partial charge in [0.2, 0.25) is 0 Å². The summed E-state index contributed by atoms with van der Waals surface area (Å²) in [7, 11) is 1.42. The molecule has 2 rings (SSSR count). The minimum absolute atomic E-state index is 0.278. The molecule has 1 atom stereocenters. The predicted molar refractivity (Wildman–Crippen MR) is 72.9 cm³/mol. The molecule has 1 fully saturated rings. The molecule has 1 aromatic carbocycles. The first kappa shape index (κ1) is 12.9.